The lowest BCUT2D eigenvalue weighted by atomic mass is 10.1. The second-order valence-electron chi connectivity index (χ2n) is 5.10. The van der Waals surface area contributed by atoms with Gasteiger partial charge in [-0.15, -0.1) is 0 Å². The molecule has 5 nitrogen and oxygen atoms in total. The maximum Gasteiger partial charge on any atom is 0.145 e. The second kappa shape index (κ2) is 6.88. The summed E-state index contributed by atoms with van der Waals surface area (Å²) in [5.41, 5.74) is 2.77. The summed E-state index contributed by atoms with van der Waals surface area (Å²) in [6.07, 6.45) is 1.56. The smallest absolute Gasteiger partial charge is 0.145 e. The van der Waals surface area contributed by atoms with Crippen molar-refractivity contribution in [2.75, 3.05) is 19.0 Å². The Morgan fingerprint density at radius 1 is 1.17 bits per heavy atom. The zero-order chi connectivity index (χ0) is 16.9. The molecule has 0 spiro atoms. The molecule has 0 aliphatic carbocycles. The predicted octanol–water partition coefficient (Wildman–Crippen LogP) is 4.26. The highest BCUT2D eigenvalue weighted by Gasteiger charge is 2.12. The number of para-hydroxylation sites is 1. The summed E-state index contributed by atoms with van der Waals surface area (Å²) in [7, 11) is 1.61. The van der Waals surface area contributed by atoms with Crippen LogP contribution >= 0.6 is 0 Å². The molecule has 0 saturated heterocycles. The van der Waals surface area contributed by atoms with Crippen molar-refractivity contribution in [3.8, 4) is 17.6 Å². The first-order valence-electron chi connectivity index (χ1n) is 7.62. The number of hydrogen-bond donors (Lipinski definition) is 1. The van der Waals surface area contributed by atoms with E-state index in [2.05, 4.69) is 16.4 Å². The minimum Gasteiger partial charge on any atom is -0.494 e. The van der Waals surface area contributed by atoms with Gasteiger partial charge in [0, 0.05) is 17.3 Å². The van der Waals surface area contributed by atoms with Crippen molar-refractivity contribution in [3.05, 3.63) is 54.2 Å². The van der Waals surface area contributed by atoms with Crippen LogP contribution in [0.25, 0.3) is 10.9 Å². The molecule has 1 heterocycles. The van der Waals surface area contributed by atoms with Crippen LogP contribution < -0.4 is 14.8 Å². The third-order valence-electron chi connectivity index (χ3n) is 3.64. The van der Waals surface area contributed by atoms with Crippen LogP contribution in [0.1, 0.15) is 12.5 Å². The van der Waals surface area contributed by atoms with Crippen molar-refractivity contribution < 1.29 is 9.47 Å². The van der Waals surface area contributed by atoms with Crippen LogP contribution in [0.3, 0.4) is 0 Å². The Balaban J connectivity index is 2.05. The van der Waals surface area contributed by atoms with Crippen LogP contribution in [0.15, 0.2) is 48.7 Å². The van der Waals surface area contributed by atoms with Gasteiger partial charge >= 0.3 is 0 Å². The van der Waals surface area contributed by atoms with Gasteiger partial charge in [0.25, 0.3) is 0 Å². The minimum atomic E-state index is 0.477. The molecule has 120 valence electrons. The highest BCUT2D eigenvalue weighted by molar-refractivity contribution is 5.98. The van der Waals surface area contributed by atoms with E-state index in [1.165, 1.54) is 0 Å². The molecule has 0 atom stereocenters. The van der Waals surface area contributed by atoms with Crippen molar-refractivity contribution in [2.24, 2.45) is 0 Å². The molecule has 0 bridgehead atoms. The van der Waals surface area contributed by atoms with Gasteiger partial charge in [-0.2, -0.15) is 5.26 Å². The average Bonchev–Trinajstić information content (AvgIpc) is 2.63. The van der Waals surface area contributed by atoms with E-state index in [0.29, 0.717) is 29.1 Å². The molecule has 0 saturated carbocycles. The number of pyridine rings is 1. The molecule has 3 rings (SSSR count). The van der Waals surface area contributed by atoms with Crippen LogP contribution in [0, 0.1) is 11.3 Å². The molecule has 0 aliphatic rings. The number of rotatable bonds is 5. The molecular weight excluding hydrogens is 302 g/mol. The number of nitriles is 1. The number of anilines is 2. The fraction of sp³-hybridized carbons (Fsp3) is 0.158. The molecule has 1 aromatic heterocycles. The Bertz CT molecular complexity index is 899. The first kappa shape index (κ1) is 15.6. The van der Waals surface area contributed by atoms with Crippen LogP contribution in [0.2, 0.25) is 0 Å². The zero-order valence-electron chi connectivity index (χ0n) is 13.5. The summed E-state index contributed by atoms with van der Waals surface area (Å²) in [6.45, 7) is 2.57. The lowest BCUT2D eigenvalue weighted by Gasteiger charge is -2.13. The summed E-state index contributed by atoms with van der Waals surface area (Å²) in [6, 6.07) is 15.4. The molecule has 2 aromatic carbocycles. The molecule has 24 heavy (non-hydrogen) atoms. The quantitative estimate of drug-likeness (QED) is 0.761. The largest absolute Gasteiger partial charge is 0.494 e. The van der Waals surface area contributed by atoms with Crippen molar-refractivity contribution in [1.82, 2.24) is 4.98 Å². The third-order valence-corrected chi connectivity index (χ3v) is 3.64. The Morgan fingerprint density at radius 3 is 2.62 bits per heavy atom. The fourth-order valence-electron chi connectivity index (χ4n) is 2.53. The standard InChI is InChI=1S/C19H17N3O2/c1-3-24-15-9-7-14(8-10-15)22-18-13(11-20)12-21-19-16(18)5-4-6-17(19)23-2/h4-10,12H,3H2,1-2H3,(H,21,22). The zero-order valence-corrected chi connectivity index (χ0v) is 13.5. The Labute approximate surface area is 140 Å². The average molecular weight is 319 g/mol. The van der Waals surface area contributed by atoms with Gasteiger partial charge in [-0.3, -0.25) is 4.98 Å². The van der Waals surface area contributed by atoms with Crippen molar-refractivity contribution in [2.45, 2.75) is 6.92 Å². The first-order valence-corrected chi connectivity index (χ1v) is 7.62. The number of benzene rings is 2. The van der Waals surface area contributed by atoms with Crippen molar-refractivity contribution in [3.63, 3.8) is 0 Å². The molecule has 0 radical (unpaired) electrons. The van der Waals surface area contributed by atoms with Crippen molar-refractivity contribution >= 4 is 22.3 Å². The maximum absolute atomic E-state index is 9.42. The number of hydrogen-bond acceptors (Lipinski definition) is 5. The summed E-state index contributed by atoms with van der Waals surface area (Å²) in [5.74, 6) is 1.48. The second-order valence-corrected chi connectivity index (χ2v) is 5.10. The molecule has 3 aromatic rings. The summed E-state index contributed by atoms with van der Waals surface area (Å²) in [4.78, 5) is 4.36. The summed E-state index contributed by atoms with van der Waals surface area (Å²) in [5, 5.41) is 13.6. The molecule has 1 N–H and O–H groups in total. The van der Waals surface area contributed by atoms with Gasteiger partial charge in [-0.05, 0) is 37.3 Å². The fourth-order valence-corrected chi connectivity index (χ4v) is 2.53. The van der Waals surface area contributed by atoms with E-state index in [4.69, 9.17) is 9.47 Å². The normalized spacial score (nSPS) is 10.2. The molecular formula is C19H17N3O2. The number of methoxy groups -OCH3 is 1. The number of nitrogens with zero attached hydrogens (tertiary/aromatic N) is 2. The highest BCUT2D eigenvalue weighted by atomic mass is 16.5. The number of ether oxygens (including phenoxy) is 2. The van der Waals surface area contributed by atoms with Crippen LogP contribution in [0.5, 0.6) is 11.5 Å². The molecule has 0 amide bonds. The van der Waals surface area contributed by atoms with Gasteiger partial charge in [0.15, 0.2) is 0 Å². The van der Waals surface area contributed by atoms with Gasteiger partial charge in [-0.1, -0.05) is 12.1 Å². The van der Waals surface area contributed by atoms with E-state index < -0.39 is 0 Å². The van der Waals surface area contributed by atoms with E-state index in [-0.39, 0.29) is 0 Å². The van der Waals surface area contributed by atoms with Gasteiger partial charge in [0.05, 0.1) is 25.0 Å². The summed E-state index contributed by atoms with van der Waals surface area (Å²) >= 11 is 0. The maximum atomic E-state index is 9.42. The van der Waals surface area contributed by atoms with E-state index in [1.54, 1.807) is 13.3 Å². The first-order chi connectivity index (χ1) is 11.8. The number of aromatic nitrogens is 1. The van der Waals surface area contributed by atoms with Gasteiger partial charge in [-0.25, -0.2) is 0 Å². The molecule has 0 aliphatic heterocycles. The van der Waals surface area contributed by atoms with Crippen LogP contribution in [0.4, 0.5) is 11.4 Å². The lowest BCUT2D eigenvalue weighted by Crippen LogP contribution is -1.98. The van der Waals surface area contributed by atoms with E-state index in [9.17, 15) is 5.26 Å². The van der Waals surface area contributed by atoms with E-state index in [1.807, 2.05) is 49.4 Å². The van der Waals surface area contributed by atoms with E-state index in [0.717, 1.165) is 16.8 Å². The molecule has 0 unspecified atom stereocenters. The lowest BCUT2D eigenvalue weighted by molar-refractivity contribution is 0.340. The summed E-state index contributed by atoms with van der Waals surface area (Å²) < 4.78 is 10.8. The Kier molecular flexibility index (Phi) is 4.48. The number of nitrogens with one attached hydrogen (secondary N) is 1. The van der Waals surface area contributed by atoms with E-state index >= 15 is 0 Å². The van der Waals surface area contributed by atoms with Gasteiger partial charge < -0.3 is 14.8 Å². The highest BCUT2D eigenvalue weighted by Crippen LogP contribution is 2.33. The van der Waals surface area contributed by atoms with Gasteiger partial charge in [0.2, 0.25) is 0 Å². The van der Waals surface area contributed by atoms with Crippen LogP contribution in [-0.2, 0) is 0 Å². The van der Waals surface area contributed by atoms with Crippen LogP contribution in [-0.4, -0.2) is 18.7 Å². The number of fused-ring (bicyclic) bond motifs is 1. The Hall–Kier alpha value is -3.26. The monoisotopic (exact) mass is 319 g/mol. The molecule has 0 fully saturated rings. The Morgan fingerprint density at radius 2 is 1.96 bits per heavy atom. The predicted molar refractivity (Wildman–Crippen MR) is 93.9 cm³/mol. The minimum absolute atomic E-state index is 0.477. The van der Waals surface area contributed by atoms with Crippen molar-refractivity contribution in [1.29, 1.82) is 5.26 Å². The topological polar surface area (TPSA) is 67.2 Å². The van der Waals surface area contributed by atoms with Gasteiger partial charge in [0.1, 0.15) is 23.1 Å². The molecule has 5 heteroatoms. The third kappa shape index (κ3) is 2.95. The SMILES string of the molecule is CCOc1ccc(Nc2c(C#N)cnc3c(OC)cccc23)cc1.